The second-order valence-electron chi connectivity index (χ2n) is 15.8. The molecule has 0 spiro atoms. The highest BCUT2D eigenvalue weighted by molar-refractivity contribution is 6.07. The lowest BCUT2D eigenvalue weighted by Crippen LogP contribution is -2.75. The Labute approximate surface area is 345 Å². The minimum atomic E-state index is -0.897. The number of hydrazine groups is 1. The van der Waals surface area contributed by atoms with Crippen LogP contribution in [0.15, 0.2) is 122 Å². The molecule has 0 aliphatic carbocycles. The zero-order chi connectivity index (χ0) is 41.0. The summed E-state index contributed by atoms with van der Waals surface area (Å²) in [6.07, 6.45) is 3.76. The van der Waals surface area contributed by atoms with Gasteiger partial charge in [0.05, 0.1) is 24.2 Å². The van der Waals surface area contributed by atoms with Crippen molar-refractivity contribution >= 4 is 34.5 Å². The number of para-hydroxylation sites is 1. The summed E-state index contributed by atoms with van der Waals surface area (Å²) in [5.41, 5.74) is 5.40. The molecule has 1 aromatic heterocycles. The van der Waals surface area contributed by atoms with E-state index in [1.807, 2.05) is 77.3 Å². The normalized spacial score (nSPS) is 19.0. The van der Waals surface area contributed by atoms with E-state index in [0.717, 1.165) is 47.2 Å². The summed E-state index contributed by atoms with van der Waals surface area (Å²) in [6.45, 7) is 8.12. The first-order valence-electron chi connectivity index (χ1n) is 20.4. The maximum Gasteiger partial charge on any atom is 0.256 e. The first-order valence-corrected chi connectivity index (χ1v) is 20.4. The minimum absolute atomic E-state index is 0.0153. The van der Waals surface area contributed by atoms with Crippen LogP contribution >= 0.6 is 0 Å². The highest BCUT2D eigenvalue weighted by atomic mass is 16.3. The van der Waals surface area contributed by atoms with E-state index >= 15 is 0 Å². The smallest absolute Gasteiger partial charge is 0.256 e. The molecule has 304 valence electrons. The van der Waals surface area contributed by atoms with Crippen LogP contribution in [0.4, 0.5) is 0 Å². The first-order chi connectivity index (χ1) is 28.7. The fourth-order valence-corrected chi connectivity index (χ4v) is 8.95. The summed E-state index contributed by atoms with van der Waals surface area (Å²) < 4.78 is 1.97. The standard InChI is InChI=1S/C47H51N7O5/c1-3-23-52-33-44(57)53-41(28-35-17-20-38(55)21-18-35)47(59)51(32-42(53)54(52)43(56)22-19-34-11-6-4-7-12-34)30-37-15-10-16-39-40(31-48(2)45(37)39)46(58)50-26-24-49(25-27-50)29-36-13-8-5-9-14-36/h3-18,20-21,31,41-42,55H,1,19,22-30,32-33H2,2H3/t41-,42-/m0/s1. The average Bonchev–Trinajstić information content (AvgIpc) is 3.59. The number of phenols is 1. The number of benzene rings is 4. The molecule has 12 nitrogen and oxygen atoms in total. The van der Waals surface area contributed by atoms with Gasteiger partial charge in [-0.15, -0.1) is 6.58 Å². The Kier molecular flexibility index (Phi) is 11.6. The number of rotatable bonds is 12. The molecule has 0 bridgehead atoms. The topological polar surface area (TPSA) is 113 Å². The van der Waals surface area contributed by atoms with Crippen LogP contribution in [-0.2, 0) is 47.4 Å². The zero-order valence-electron chi connectivity index (χ0n) is 33.5. The van der Waals surface area contributed by atoms with Crippen molar-refractivity contribution in [3.05, 3.63) is 150 Å². The Balaban J connectivity index is 1.08. The van der Waals surface area contributed by atoms with Crippen molar-refractivity contribution < 1.29 is 24.3 Å². The van der Waals surface area contributed by atoms with Gasteiger partial charge in [-0.1, -0.05) is 97.1 Å². The third kappa shape index (κ3) is 8.37. The van der Waals surface area contributed by atoms with Crippen LogP contribution in [-0.4, -0.2) is 121 Å². The summed E-state index contributed by atoms with van der Waals surface area (Å²) >= 11 is 0. The van der Waals surface area contributed by atoms with Gasteiger partial charge < -0.3 is 24.4 Å². The first kappa shape index (κ1) is 39.6. The number of aromatic hydroxyl groups is 1. The quantitative estimate of drug-likeness (QED) is 0.180. The summed E-state index contributed by atoms with van der Waals surface area (Å²) in [6, 6.07) is 31.8. The SMILES string of the molecule is C=CCN1CC(=O)N2[C@@H](Cc3ccc(O)cc3)C(=O)N(Cc3cccc4c(C(=O)N5CCN(Cc6ccccc6)CC5)cn(C)c34)C[C@@H]2N1C(=O)CCc1ccccc1. The van der Waals surface area contributed by atoms with Gasteiger partial charge in [0, 0.05) is 77.3 Å². The lowest BCUT2D eigenvalue weighted by Gasteiger charge is -2.55. The molecule has 4 aromatic carbocycles. The second kappa shape index (κ2) is 17.3. The van der Waals surface area contributed by atoms with E-state index in [1.54, 1.807) is 50.2 Å². The molecule has 59 heavy (non-hydrogen) atoms. The fourth-order valence-electron chi connectivity index (χ4n) is 8.95. The van der Waals surface area contributed by atoms with Crippen LogP contribution in [0.3, 0.4) is 0 Å². The Morgan fingerprint density at radius 2 is 1.51 bits per heavy atom. The molecule has 3 aliphatic rings. The number of hydrogen-bond acceptors (Lipinski definition) is 7. The van der Waals surface area contributed by atoms with Crippen LogP contribution in [0, 0.1) is 0 Å². The third-order valence-corrected chi connectivity index (χ3v) is 11.8. The van der Waals surface area contributed by atoms with Crippen molar-refractivity contribution in [3.8, 4) is 5.75 Å². The van der Waals surface area contributed by atoms with Gasteiger partial charge >= 0.3 is 0 Å². The zero-order valence-corrected chi connectivity index (χ0v) is 33.5. The molecule has 3 saturated heterocycles. The van der Waals surface area contributed by atoms with E-state index in [4.69, 9.17) is 0 Å². The van der Waals surface area contributed by atoms with E-state index in [1.165, 1.54) is 5.56 Å². The molecular formula is C47H51N7O5. The van der Waals surface area contributed by atoms with Crippen LogP contribution in [0.25, 0.3) is 10.9 Å². The van der Waals surface area contributed by atoms with E-state index in [9.17, 15) is 24.3 Å². The maximum absolute atomic E-state index is 14.8. The van der Waals surface area contributed by atoms with Gasteiger partial charge in [0.2, 0.25) is 17.7 Å². The lowest BCUT2D eigenvalue weighted by atomic mass is 9.97. The van der Waals surface area contributed by atoms with E-state index in [-0.39, 0.29) is 68.4 Å². The molecule has 3 aliphatic heterocycles. The number of piperazine rings is 2. The fraction of sp³-hybridized carbons (Fsp3) is 0.319. The minimum Gasteiger partial charge on any atom is -0.508 e. The number of carbonyl (C=O) groups excluding carboxylic acids is 4. The second-order valence-corrected chi connectivity index (χ2v) is 15.8. The average molecular weight is 794 g/mol. The highest BCUT2D eigenvalue weighted by Crippen LogP contribution is 2.32. The van der Waals surface area contributed by atoms with Gasteiger partial charge in [0.15, 0.2) is 0 Å². The van der Waals surface area contributed by atoms with Crippen LogP contribution < -0.4 is 0 Å². The number of hydrogen-bond donors (Lipinski definition) is 1. The van der Waals surface area contributed by atoms with Gasteiger partial charge in [0.25, 0.3) is 5.91 Å². The van der Waals surface area contributed by atoms with Gasteiger partial charge in [-0.05, 0) is 40.8 Å². The third-order valence-electron chi connectivity index (χ3n) is 11.8. The molecule has 0 saturated carbocycles. The molecule has 3 fully saturated rings. The lowest BCUT2D eigenvalue weighted by molar-refractivity contribution is -0.205. The molecule has 4 amide bonds. The predicted octanol–water partition coefficient (Wildman–Crippen LogP) is 4.83. The van der Waals surface area contributed by atoms with Crippen molar-refractivity contribution in [1.82, 2.24) is 34.2 Å². The monoisotopic (exact) mass is 793 g/mol. The van der Waals surface area contributed by atoms with E-state index < -0.39 is 12.2 Å². The number of amides is 4. The Hall–Kier alpha value is -6.24. The molecule has 0 unspecified atom stereocenters. The molecule has 8 rings (SSSR count). The van der Waals surface area contributed by atoms with Crippen molar-refractivity contribution in [2.24, 2.45) is 7.05 Å². The van der Waals surface area contributed by atoms with Gasteiger partial charge in [-0.3, -0.25) is 24.1 Å². The Morgan fingerprint density at radius 1 is 0.814 bits per heavy atom. The highest BCUT2D eigenvalue weighted by Gasteiger charge is 2.51. The largest absolute Gasteiger partial charge is 0.508 e. The summed E-state index contributed by atoms with van der Waals surface area (Å²) in [5, 5.41) is 14.2. The van der Waals surface area contributed by atoms with Crippen molar-refractivity contribution in [1.29, 1.82) is 0 Å². The van der Waals surface area contributed by atoms with E-state index in [0.29, 0.717) is 25.1 Å². The van der Waals surface area contributed by atoms with Crippen LogP contribution in [0.5, 0.6) is 5.75 Å². The number of nitrogens with zero attached hydrogens (tertiary/aromatic N) is 7. The maximum atomic E-state index is 14.8. The van der Waals surface area contributed by atoms with Crippen molar-refractivity contribution in [3.63, 3.8) is 0 Å². The number of aryl methyl sites for hydroxylation is 2. The van der Waals surface area contributed by atoms with Gasteiger partial charge in [0.1, 0.15) is 18.0 Å². The number of phenolic OH excluding ortho intramolecular Hbond substituents is 1. The Morgan fingerprint density at radius 3 is 2.20 bits per heavy atom. The predicted molar refractivity (Wildman–Crippen MR) is 226 cm³/mol. The van der Waals surface area contributed by atoms with E-state index in [2.05, 4.69) is 35.7 Å². The summed E-state index contributed by atoms with van der Waals surface area (Å²) in [5.74, 6) is -0.531. The molecular weight excluding hydrogens is 743 g/mol. The van der Waals surface area contributed by atoms with Crippen LogP contribution in [0.1, 0.15) is 39.0 Å². The molecule has 5 aromatic rings. The summed E-state index contributed by atoms with van der Waals surface area (Å²) in [7, 11) is 1.92. The molecule has 1 N–H and O–H groups in total. The molecule has 12 heteroatoms. The number of fused-ring (bicyclic) bond motifs is 2. The van der Waals surface area contributed by atoms with Crippen molar-refractivity contribution in [2.75, 3.05) is 45.8 Å². The molecule has 0 radical (unpaired) electrons. The van der Waals surface area contributed by atoms with Gasteiger partial charge in [-0.25, -0.2) is 10.0 Å². The van der Waals surface area contributed by atoms with Crippen LogP contribution in [0.2, 0.25) is 0 Å². The Bertz CT molecular complexity index is 2320. The van der Waals surface area contributed by atoms with Crippen molar-refractivity contribution in [2.45, 2.75) is 44.6 Å². The summed E-state index contributed by atoms with van der Waals surface area (Å²) in [4.78, 5) is 65.0. The number of carbonyl (C=O) groups is 4. The molecule has 2 atom stereocenters. The van der Waals surface area contributed by atoms with Gasteiger partial charge in [-0.2, -0.15) is 0 Å². The number of aromatic nitrogens is 1. The molecule has 4 heterocycles.